The van der Waals surface area contributed by atoms with Gasteiger partial charge < -0.3 is 10.6 Å². The Morgan fingerprint density at radius 1 is 0.929 bits per heavy atom. The largest absolute Gasteiger partial charge is 0.348 e. The second-order valence-corrected chi connectivity index (χ2v) is 11.5. The van der Waals surface area contributed by atoms with Crippen LogP contribution in [0.1, 0.15) is 21.5 Å². The number of nitrogens with two attached hydrogens (primary N) is 1. The van der Waals surface area contributed by atoms with Crippen molar-refractivity contribution >= 4 is 50.9 Å². The molecule has 4 N–H and O–H groups in total. The Balaban J connectivity index is 1.92. The van der Waals surface area contributed by atoms with Crippen LogP contribution in [0, 0.1) is 0 Å². The summed E-state index contributed by atoms with van der Waals surface area (Å²) in [6, 6.07) is 18.6. The van der Waals surface area contributed by atoms with E-state index in [4.69, 9.17) is 33.2 Å². The molecule has 3 amide bonds. The zero-order chi connectivity index (χ0) is 30.9. The number of hydroxylamine groups is 2. The molecule has 42 heavy (non-hydrogen) atoms. The number of likely N-dealkylation sites (N-methyl/N-ethyl adjacent to an activating group) is 1. The van der Waals surface area contributed by atoms with Gasteiger partial charge in [-0.1, -0.05) is 89.9 Å². The zero-order valence-corrected chi connectivity index (χ0v) is 25.1. The molecule has 2 unspecified atom stereocenters. The molecule has 222 valence electrons. The Labute approximate surface area is 254 Å². The van der Waals surface area contributed by atoms with E-state index in [1.165, 1.54) is 20.2 Å². The fourth-order valence-electron chi connectivity index (χ4n) is 3.93. The molecule has 2 atom stereocenters. The standard InChI is InChI=1S/C29H30Cl2N4O6S/c1-35(41-2)27(36)14-13-21(15-19-9-5-3-6-10-19)33-29(38)25(16-20-11-7-4-8-12-20)34-28(37)22-17-26(42(32,39)40)24(31)18-23(22)30/h3-14,17-18,21,25H,15-16H2,1-2H3,(H,33,38)(H,34,37)(H2,32,39,40)/b14-13+. The van der Waals surface area contributed by atoms with Crippen molar-refractivity contribution in [3.8, 4) is 0 Å². The van der Waals surface area contributed by atoms with Gasteiger partial charge in [0.2, 0.25) is 15.9 Å². The van der Waals surface area contributed by atoms with Crippen LogP contribution >= 0.6 is 23.2 Å². The van der Waals surface area contributed by atoms with E-state index in [2.05, 4.69) is 10.6 Å². The maximum absolute atomic E-state index is 13.7. The number of hydrogen-bond acceptors (Lipinski definition) is 6. The fourth-order valence-corrected chi connectivity index (χ4v) is 5.33. The molecular weight excluding hydrogens is 603 g/mol. The molecule has 0 saturated carbocycles. The third-order valence-corrected chi connectivity index (χ3v) is 7.85. The van der Waals surface area contributed by atoms with Gasteiger partial charge in [-0.15, -0.1) is 0 Å². The van der Waals surface area contributed by atoms with Crippen molar-refractivity contribution in [3.63, 3.8) is 0 Å². The van der Waals surface area contributed by atoms with Crippen LogP contribution in [0.5, 0.6) is 0 Å². The van der Waals surface area contributed by atoms with Gasteiger partial charge in [0.25, 0.3) is 11.8 Å². The van der Waals surface area contributed by atoms with Gasteiger partial charge in [-0.25, -0.2) is 18.6 Å². The van der Waals surface area contributed by atoms with Crippen LogP contribution in [-0.2, 0) is 37.3 Å². The minimum absolute atomic E-state index is 0.0960. The lowest BCUT2D eigenvalue weighted by Gasteiger charge is -2.23. The third-order valence-electron chi connectivity index (χ3n) is 6.16. The van der Waals surface area contributed by atoms with E-state index < -0.39 is 44.7 Å². The Kier molecular flexibility index (Phi) is 11.7. The van der Waals surface area contributed by atoms with E-state index in [1.54, 1.807) is 30.3 Å². The monoisotopic (exact) mass is 632 g/mol. The molecule has 3 aromatic rings. The molecule has 0 bridgehead atoms. The van der Waals surface area contributed by atoms with Crippen LogP contribution in [0.15, 0.2) is 89.8 Å². The van der Waals surface area contributed by atoms with E-state index in [0.717, 1.165) is 28.3 Å². The zero-order valence-electron chi connectivity index (χ0n) is 22.8. The van der Waals surface area contributed by atoms with Gasteiger partial charge in [0, 0.05) is 19.5 Å². The highest BCUT2D eigenvalue weighted by atomic mass is 35.5. The number of hydrogen-bond donors (Lipinski definition) is 3. The van der Waals surface area contributed by atoms with Crippen LogP contribution in [0.4, 0.5) is 0 Å². The number of halogens is 2. The molecule has 13 heteroatoms. The van der Waals surface area contributed by atoms with Gasteiger partial charge in [-0.3, -0.25) is 19.2 Å². The van der Waals surface area contributed by atoms with Crippen molar-refractivity contribution in [2.45, 2.75) is 29.8 Å². The van der Waals surface area contributed by atoms with Gasteiger partial charge in [0.1, 0.15) is 10.9 Å². The molecule has 3 aromatic carbocycles. The molecule has 0 aromatic heterocycles. The summed E-state index contributed by atoms with van der Waals surface area (Å²) in [6.07, 6.45) is 3.27. The second kappa shape index (κ2) is 14.9. The second-order valence-electron chi connectivity index (χ2n) is 9.21. The number of carbonyl (C=O) groups is 3. The first kappa shape index (κ1) is 32.8. The SMILES string of the molecule is CON(C)C(=O)/C=C/C(Cc1ccccc1)NC(=O)C(Cc1ccccc1)NC(=O)c1cc(S(N)(=O)=O)c(Cl)cc1Cl. The Bertz CT molecular complexity index is 1550. The van der Waals surface area contributed by atoms with Crippen molar-refractivity contribution in [1.82, 2.24) is 15.7 Å². The summed E-state index contributed by atoms with van der Waals surface area (Å²) < 4.78 is 23.9. The van der Waals surface area contributed by atoms with Gasteiger partial charge in [0.05, 0.1) is 28.8 Å². The average molecular weight is 634 g/mol. The molecule has 0 aliphatic carbocycles. The van der Waals surface area contributed by atoms with Crippen LogP contribution in [0.25, 0.3) is 0 Å². The number of rotatable bonds is 12. The molecule has 0 aliphatic rings. The van der Waals surface area contributed by atoms with Crippen LogP contribution in [0.3, 0.4) is 0 Å². The predicted molar refractivity (Wildman–Crippen MR) is 160 cm³/mol. The topological polar surface area (TPSA) is 148 Å². The Morgan fingerprint density at radius 2 is 1.50 bits per heavy atom. The van der Waals surface area contributed by atoms with Crippen LogP contribution in [0.2, 0.25) is 10.0 Å². The molecule has 10 nitrogen and oxygen atoms in total. The quantitative estimate of drug-likeness (QED) is 0.206. The van der Waals surface area contributed by atoms with Crippen molar-refractivity contribution in [2.24, 2.45) is 5.14 Å². The molecule has 3 rings (SSSR count). The average Bonchev–Trinajstić information content (AvgIpc) is 2.95. The molecular formula is C29H30Cl2N4O6S. The molecule has 0 fully saturated rings. The first-order valence-electron chi connectivity index (χ1n) is 12.6. The smallest absolute Gasteiger partial charge is 0.269 e. The van der Waals surface area contributed by atoms with Gasteiger partial charge in [0.15, 0.2) is 0 Å². The minimum Gasteiger partial charge on any atom is -0.348 e. The van der Waals surface area contributed by atoms with Crippen molar-refractivity contribution < 1.29 is 27.6 Å². The summed E-state index contributed by atoms with van der Waals surface area (Å²) in [5, 5.41) is 11.4. The molecule has 0 heterocycles. The number of benzene rings is 3. The fraction of sp³-hybridized carbons (Fsp3) is 0.207. The summed E-state index contributed by atoms with van der Waals surface area (Å²) in [5.74, 6) is -1.81. The highest BCUT2D eigenvalue weighted by molar-refractivity contribution is 7.89. The van der Waals surface area contributed by atoms with Crippen molar-refractivity contribution in [2.75, 3.05) is 14.2 Å². The first-order valence-corrected chi connectivity index (χ1v) is 14.9. The number of nitrogens with zero attached hydrogens (tertiary/aromatic N) is 1. The molecule has 0 spiro atoms. The van der Waals surface area contributed by atoms with E-state index in [1.807, 2.05) is 36.4 Å². The number of amides is 3. The van der Waals surface area contributed by atoms with Gasteiger partial charge >= 0.3 is 0 Å². The lowest BCUT2D eigenvalue weighted by atomic mass is 10.0. The Morgan fingerprint density at radius 3 is 2.05 bits per heavy atom. The number of primary sulfonamides is 1. The van der Waals surface area contributed by atoms with Crippen molar-refractivity contribution in [1.29, 1.82) is 0 Å². The number of nitrogens with one attached hydrogen (secondary N) is 2. The lowest BCUT2D eigenvalue weighted by Crippen LogP contribution is -2.51. The van der Waals surface area contributed by atoms with Crippen LogP contribution in [-0.4, -0.2) is 57.4 Å². The summed E-state index contributed by atoms with van der Waals surface area (Å²) in [7, 11) is -1.46. The number of carbonyl (C=O) groups excluding carboxylic acids is 3. The summed E-state index contributed by atoms with van der Waals surface area (Å²) in [6.45, 7) is 0. The normalized spacial score (nSPS) is 12.9. The van der Waals surface area contributed by atoms with E-state index >= 15 is 0 Å². The molecule has 0 radical (unpaired) electrons. The molecule has 0 aliphatic heterocycles. The van der Waals surface area contributed by atoms with Crippen LogP contribution < -0.4 is 15.8 Å². The summed E-state index contributed by atoms with van der Waals surface area (Å²) in [5.41, 5.74) is 1.41. The number of sulfonamides is 1. The van der Waals surface area contributed by atoms with E-state index in [-0.39, 0.29) is 22.0 Å². The van der Waals surface area contributed by atoms with E-state index in [0.29, 0.717) is 6.42 Å². The first-order chi connectivity index (χ1) is 19.9. The summed E-state index contributed by atoms with van der Waals surface area (Å²) in [4.78, 5) is 43.7. The predicted octanol–water partition coefficient (Wildman–Crippen LogP) is 3.29. The van der Waals surface area contributed by atoms with E-state index in [9.17, 15) is 22.8 Å². The third kappa shape index (κ3) is 9.40. The Hall–Kier alpha value is -3.74. The highest BCUT2D eigenvalue weighted by Gasteiger charge is 2.26. The van der Waals surface area contributed by atoms with Gasteiger partial charge in [-0.05, 0) is 29.7 Å². The van der Waals surface area contributed by atoms with Gasteiger partial charge in [-0.2, -0.15) is 0 Å². The maximum Gasteiger partial charge on any atom is 0.269 e. The maximum atomic E-state index is 13.7. The highest BCUT2D eigenvalue weighted by Crippen LogP contribution is 2.28. The lowest BCUT2D eigenvalue weighted by molar-refractivity contribution is -0.162. The van der Waals surface area contributed by atoms with Crippen molar-refractivity contribution in [3.05, 3.63) is 112 Å². The summed E-state index contributed by atoms with van der Waals surface area (Å²) >= 11 is 12.2. The minimum atomic E-state index is -4.26. The molecule has 0 saturated heterocycles.